The van der Waals surface area contributed by atoms with E-state index < -0.39 is 0 Å². The van der Waals surface area contributed by atoms with Gasteiger partial charge in [0.05, 0.1) is 0 Å². The van der Waals surface area contributed by atoms with Crippen LogP contribution in [0.25, 0.3) is 0 Å². The topological polar surface area (TPSA) is 29.1 Å². The number of rotatable bonds is 3. The van der Waals surface area contributed by atoms with Gasteiger partial charge < -0.3 is 5.32 Å². The van der Waals surface area contributed by atoms with E-state index in [1.807, 2.05) is 0 Å². The Morgan fingerprint density at radius 3 is 2.86 bits per heavy atom. The lowest BCUT2D eigenvalue weighted by molar-refractivity contribution is 0.543. The molecule has 0 aliphatic rings. The van der Waals surface area contributed by atoms with Crippen LogP contribution < -0.4 is 5.32 Å². The van der Waals surface area contributed by atoms with Gasteiger partial charge >= 0.3 is 6.41 Å². The third-order valence-electron chi connectivity index (χ3n) is 0.467. The van der Waals surface area contributed by atoms with Gasteiger partial charge in [-0.15, -0.1) is 12.3 Å². The fourth-order valence-corrected chi connectivity index (χ4v) is 0.186. The van der Waals surface area contributed by atoms with Crippen LogP contribution in [0.15, 0.2) is 0 Å². The molecule has 1 N–H and O–H groups in total. The van der Waals surface area contributed by atoms with E-state index >= 15 is 0 Å². The van der Waals surface area contributed by atoms with Gasteiger partial charge in [0.2, 0.25) is 0 Å². The largest absolute Gasteiger partial charge is 0.347 e. The van der Waals surface area contributed by atoms with Crippen molar-refractivity contribution in [1.82, 2.24) is 5.32 Å². The molecule has 0 rings (SSSR count). The molecule has 0 unspecified atom stereocenters. The maximum atomic E-state index is 9.37. The van der Waals surface area contributed by atoms with Crippen molar-refractivity contribution in [2.45, 2.75) is 6.42 Å². The van der Waals surface area contributed by atoms with E-state index in [4.69, 9.17) is 6.42 Å². The summed E-state index contributed by atoms with van der Waals surface area (Å²) in [7, 11) is 0. The van der Waals surface area contributed by atoms with Gasteiger partial charge in [-0.25, -0.2) is 0 Å². The quantitative estimate of drug-likeness (QED) is 0.291. The molecule has 0 saturated heterocycles. The number of terminal acetylenes is 1. The monoisotopic (exact) mass is 96.0 g/mol. The lowest BCUT2D eigenvalue weighted by Gasteiger charge is -1.84. The maximum Gasteiger partial charge on any atom is 0.309 e. The van der Waals surface area contributed by atoms with Crippen LogP contribution in [0.2, 0.25) is 0 Å². The van der Waals surface area contributed by atoms with E-state index in [1.54, 1.807) is 0 Å². The lowest BCUT2D eigenvalue weighted by atomic mass is 10.4. The van der Waals surface area contributed by atoms with Crippen LogP contribution in [-0.2, 0) is 4.79 Å². The second-order valence-corrected chi connectivity index (χ2v) is 0.983. The van der Waals surface area contributed by atoms with Gasteiger partial charge in [0.1, 0.15) is 0 Å². The molecule has 1 radical (unpaired) electrons. The first-order valence-corrected chi connectivity index (χ1v) is 1.95. The molecule has 0 saturated carbocycles. The summed E-state index contributed by atoms with van der Waals surface area (Å²) in [5.41, 5.74) is 0. The van der Waals surface area contributed by atoms with Gasteiger partial charge in [0.25, 0.3) is 0 Å². The summed E-state index contributed by atoms with van der Waals surface area (Å²) in [6.07, 6.45) is 6.94. The predicted octanol–water partition coefficient (Wildman–Crippen LogP) is -0.334. The Morgan fingerprint density at radius 1 is 1.71 bits per heavy atom. The number of amides is 1. The first kappa shape index (κ1) is 6.03. The van der Waals surface area contributed by atoms with Crippen LogP contribution in [0.1, 0.15) is 6.42 Å². The molecule has 0 aromatic rings. The van der Waals surface area contributed by atoms with E-state index in [0.717, 1.165) is 0 Å². The van der Waals surface area contributed by atoms with E-state index in [9.17, 15) is 4.79 Å². The molecular formula is C5H6NO. The summed E-state index contributed by atoms with van der Waals surface area (Å²) in [4.78, 5) is 9.37. The zero-order valence-electron chi connectivity index (χ0n) is 3.90. The lowest BCUT2D eigenvalue weighted by Crippen LogP contribution is -2.10. The summed E-state index contributed by atoms with van der Waals surface area (Å²) in [6, 6.07) is 0. The summed E-state index contributed by atoms with van der Waals surface area (Å²) in [5.74, 6) is 2.36. The van der Waals surface area contributed by atoms with Crippen molar-refractivity contribution in [2.24, 2.45) is 0 Å². The van der Waals surface area contributed by atoms with Crippen LogP contribution in [0, 0.1) is 12.3 Å². The summed E-state index contributed by atoms with van der Waals surface area (Å²) in [5, 5.41) is 2.30. The molecule has 0 aromatic heterocycles. The zero-order valence-corrected chi connectivity index (χ0v) is 3.90. The van der Waals surface area contributed by atoms with Crippen molar-refractivity contribution in [2.75, 3.05) is 6.54 Å². The predicted molar refractivity (Wildman–Crippen MR) is 27.1 cm³/mol. The summed E-state index contributed by atoms with van der Waals surface area (Å²) >= 11 is 0. The zero-order chi connectivity index (χ0) is 5.54. The Labute approximate surface area is 42.9 Å². The molecule has 7 heavy (non-hydrogen) atoms. The SMILES string of the molecule is C#CCCN[C]=O. The van der Waals surface area contributed by atoms with Crippen LogP contribution in [0.5, 0.6) is 0 Å². The minimum atomic E-state index is 0.528. The highest BCUT2D eigenvalue weighted by molar-refractivity contribution is 5.46. The Kier molecular flexibility index (Phi) is 4.33. The first-order valence-electron chi connectivity index (χ1n) is 1.95. The molecule has 0 heterocycles. The fourth-order valence-electron chi connectivity index (χ4n) is 0.186. The normalized spacial score (nSPS) is 6.71. The summed E-state index contributed by atoms with van der Waals surface area (Å²) in [6.45, 7) is 0.528. The number of nitrogens with one attached hydrogen (secondary N) is 1. The van der Waals surface area contributed by atoms with Crippen molar-refractivity contribution in [1.29, 1.82) is 0 Å². The van der Waals surface area contributed by atoms with E-state index in [1.165, 1.54) is 6.41 Å². The van der Waals surface area contributed by atoms with Crippen LogP contribution >= 0.6 is 0 Å². The van der Waals surface area contributed by atoms with E-state index in [2.05, 4.69) is 11.2 Å². The number of carbonyl (C=O) groups excluding carboxylic acids is 1. The minimum Gasteiger partial charge on any atom is -0.347 e. The molecule has 1 amide bonds. The van der Waals surface area contributed by atoms with Gasteiger partial charge in [-0.3, -0.25) is 4.79 Å². The van der Waals surface area contributed by atoms with Gasteiger partial charge in [-0.2, -0.15) is 0 Å². The molecule has 0 spiro atoms. The molecule has 2 heteroatoms. The average Bonchev–Trinajstić information content (AvgIpc) is 1.69. The second-order valence-electron chi connectivity index (χ2n) is 0.983. The Balaban J connectivity index is 2.72. The van der Waals surface area contributed by atoms with Crippen molar-refractivity contribution in [3.05, 3.63) is 0 Å². The van der Waals surface area contributed by atoms with E-state index in [0.29, 0.717) is 13.0 Å². The Bertz CT molecular complexity index is 82.6. The highest BCUT2D eigenvalue weighted by Crippen LogP contribution is 1.64. The fraction of sp³-hybridized carbons (Fsp3) is 0.400. The average molecular weight is 96.1 g/mol. The molecule has 2 nitrogen and oxygen atoms in total. The molecule has 0 aliphatic heterocycles. The third-order valence-corrected chi connectivity index (χ3v) is 0.467. The molecule has 0 atom stereocenters. The van der Waals surface area contributed by atoms with Gasteiger partial charge in [0, 0.05) is 13.0 Å². The smallest absolute Gasteiger partial charge is 0.309 e. The van der Waals surface area contributed by atoms with Gasteiger partial charge in [-0.05, 0) is 0 Å². The van der Waals surface area contributed by atoms with Crippen molar-refractivity contribution in [3.63, 3.8) is 0 Å². The van der Waals surface area contributed by atoms with Crippen LogP contribution in [0.3, 0.4) is 0 Å². The highest BCUT2D eigenvalue weighted by atomic mass is 16.1. The van der Waals surface area contributed by atoms with Crippen molar-refractivity contribution in [3.8, 4) is 12.3 Å². The first-order chi connectivity index (χ1) is 3.41. The van der Waals surface area contributed by atoms with Gasteiger partial charge in [0.15, 0.2) is 0 Å². The van der Waals surface area contributed by atoms with Crippen molar-refractivity contribution < 1.29 is 4.79 Å². The summed E-state index contributed by atoms with van der Waals surface area (Å²) < 4.78 is 0. The Hall–Kier alpha value is -0.970. The standard InChI is InChI=1S/C5H6NO/c1-2-3-4-6-5-7/h1H,3-4H2,(H,6,7). The molecule has 0 bridgehead atoms. The third kappa shape index (κ3) is 5.03. The molecular weight excluding hydrogens is 90.1 g/mol. The second kappa shape index (κ2) is 5.03. The number of hydrogen-bond acceptors (Lipinski definition) is 1. The Morgan fingerprint density at radius 2 is 2.43 bits per heavy atom. The maximum absolute atomic E-state index is 9.37. The van der Waals surface area contributed by atoms with E-state index in [-0.39, 0.29) is 0 Å². The molecule has 0 aliphatic carbocycles. The van der Waals surface area contributed by atoms with Gasteiger partial charge in [-0.1, -0.05) is 0 Å². The minimum absolute atomic E-state index is 0.528. The van der Waals surface area contributed by atoms with Crippen LogP contribution in [-0.4, -0.2) is 13.0 Å². The molecule has 0 fully saturated rings. The van der Waals surface area contributed by atoms with Crippen LogP contribution in [0.4, 0.5) is 0 Å². The van der Waals surface area contributed by atoms with Crippen molar-refractivity contribution >= 4 is 6.41 Å². The number of hydrogen-bond donors (Lipinski definition) is 1. The molecule has 0 aromatic carbocycles. The molecule has 37 valence electrons. The highest BCUT2D eigenvalue weighted by Gasteiger charge is 1.74.